The molecule has 0 atom stereocenters. The number of carbonyl (C=O) groups excluding carboxylic acids is 1. The smallest absolute Gasteiger partial charge is 0.306 e. The summed E-state index contributed by atoms with van der Waals surface area (Å²) in [6.07, 6.45) is 0.367. The molecule has 0 aliphatic heterocycles. The topological polar surface area (TPSA) is 52.3 Å². The van der Waals surface area contributed by atoms with Gasteiger partial charge in [-0.1, -0.05) is 17.9 Å². The lowest BCUT2D eigenvalue weighted by atomic mass is 10.1. The summed E-state index contributed by atoms with van der Waals surface area (Å²) in [5, 5.41) is 0. The first-order valence-corrected chi connectivity index (χ1v) is 6.94. The number of carbonyl (C=O) groups is 1. The number of hydrogen-bond acceptors (Lipinski definition) is 4. The highest BCUT2D eigenvalue weighted by molar-refractivity contribution is 7.98. The third kappa shape index (κ3) is 5.77. The minimum atomic E-state index is -0.315. The fraction of sp³-hybridized carbons (Fsp3) is 0.357. The molecule has 0 aromatic heterocycles. The molecule has 1 aromatic carbocycles. The monoisotopic (exact) mass is 281 g/mol. The molecule has 1 aromatic rings. The Labute approximate surface area is 116 Å². The lowest BCUT2D eigenvalue weighted by Crippen LogP contribution is -2.01. The predicted octanol–water partition coefficient (Wildman–Crippen LogP) is 1.93. The Morgan fingerprint density at radius 2 is 2.32 bits per heavy atom. The molecule has 0 amide bonds. The molecule has 2 N–H and O–H groups in total. The van der Waals surface area contributed by atoms with Crippen LogP contribution in [0.3, 0.4) is 0 Å². The van der Waals surface area contributed by atoms with E-state index in [4.69, 9.17) is 5.73 Å². The van der Waals surface area contributed by atoms with Gasteiger partial charge in [-0.05, 0) is 17.7 Å². The molecule has 0 heterocycles. The fourth-order valence-corrected chi connectivity index (χ4v) is 2.30. The Morgan fingerprint density at radius 1 is 1.53 bits per heavy atom. The van der Waals surface area contributed by atoms with Crippen molar-refractivity contribution in [3.05, 3.63) is 35.1 Å². The van der Waals surface area contributed by atoms with E-state index in [2.05, 4.69) is 16.6 Å². The number of hydrogen-bond donors (Lipinski definition) is 1. The summed E-state index contributed by atoms with van der Waals surface area (Å²) in [5.74, 6) is 6.36. The number of methoxy groups -OCH3 is 1. The van der Waals surface area contributed by atoms with Gasteiger partial charge in [0.05, 0.1) is 20.1 Å². The molecule has 3 nitrogen and oxygen atoms in total. The third-order valence-corrected chi connectivity index (χ3v) is 3.34. The minimum Gasteiger partial charge on any atom is -0.469 e. The molecular weight excluding hydrogens is 265 g/mol. The van der Waals surface area contributed by atoms with Gasteiger partial charge < -0.3 is 10.5 Å². The molecule has 0 saturated heterocycles. The lowest BCUT2D eigenvalue weighted by molar-refractivity contribution is -0.140. The summed E-state index contributed by atoms with van der Waals surface area (Å²) in [6.45, 7) is 0.242. The van der Waals surface area contributed by atoms with Gasteiger partial charge in [-0.2, -0.15) is 11.8 Å². The quantitative estimate of drug-likeness (QED) is 0.509. The summed E-state index contributed by atoms with van der Waals surface area (Å²) in [7, 11) is 1.37. The van der Waals surface area contributed by atoms with Crippen LogP contribution in [-0.4, -0.2) is 25.4 Å². The summed E-state index contributed by atoms with van der Waals surface area (Å²) < 4.78 is 17.7. The Bertz CT molecular complexity index is 494. The first-order chi connectivity index (χ1) is 9.17. The van der Waals surface area contributed by atoms with E-state index >= 15 is 0 Å². The van der Waals surface area contributed by atoms with Crippen molar-refractivity contribution in [2.45, 2.75) is 12.2 Å². The lowest BCUT2D eigenvalue weighted by Gasteiger charge is -2.05. The van der Waals surface area contributed by atoms with Crippen molar-refractivity contribution in [3.8, 4) is 11.8 Å². The molecule has 0 spiro atoms. The summed E-state index contributed by atoms with van der Waals surface area (Å²) in [4.78, 5) is 11.0. The summed E-state index contributed by atoms with van der Waals surface area (Å²) in [6, 6.07) is 4.52. The Morgan fingerprint density at radius 3 is 3.00 bits per heavy atom. The maximum atomic E-state index is 13.1. The standard InChI is InChI=1S/C14H16FNO2S/c1-18-14(17)6-8-19-10-12-4-5-13(15)9-11(12)3-2-7-16/h4-5,9H,6-8,10,16H2,1H3. The highest BCUT2D eigenvalue weighted by Crippen LogP contribution is 2.18. The maximum absolute atomic E-state index is 13.1. The zero-order chi connectivity index (χ0) is 14.1. The Kier molecular flexibility index (Phi) is 7.01. The van der Waals surface area contributed by atoms with Crippen molar-refractivity contribution < 1.29 is 13.9 Å². The molecule has 0 saturated carbocycles. The van der Waals surface area contributed by atoms with Crippen LogP contribution in [0, 0.1) is 17.7 Å². The molecule has 0 aliphatic carbocycles. The van der Waals surface area contributed by atoms with Gasteiger partial charge in [0.25, 0.3) is 0 Å². The van der Waals surface area contributed by atoms with Crippen molar-refractivity contribution in [3.63, 3.8) is 0 Å². The largest absolute Gasteiger partial charge is 0.469 e. The summed E-state index contributed by atoms with van der Waals surface area (Å²) in [5.41, 5.74) is 6.90. The van der Waals surface area contributed by atoms with Gasteiger partial charge in [-0.25, -0.2) is 4.39 Å². The molecule has 0 fully saturated rings. The zero-order valence-electron chi connectivity index (χ0n) is 10.7. The van der Waals surface area contributed by atoms with Gasteiger partial charge in [0.15, 0.2) is 0 Å². The van der Waals surface area contributed by atoms with E-state index in [9.17, 15) is 9.18 Å². The van der Waals surface area contributed by atoms with Gasteiger partial charge in [0.2, 0.25) is 0 Å². The van der Waals surface area contributed by atoms with E-state index in [0.29, 0.717) is 23.5 Å². The number of nitrogens with two attached hydrogens (primary N) is 1. The van der Waals surface area contributed by atoms with Gasteiger partial charge in [-0.3, -0.25) is 4.79 Å². The molecule has 1 rings (SSSR count). The molecule has 102 valence electrons. The average molecular weight is 281 g/mol. The number of benzene rings is 1. The van der Waals surface area contributed by atoms with Crippen molar-refractivity contribution in [2.75, 3.05) is 19.4 Å². The predicted molar refractivity (Wildman–Crippen MR) is 75.1 cm³/mol. The van der Waals surface area contributed by atoms with Crippen LogP contribution in [0.25, 0.3) is 0 Å². The number of thioether (sulfide) groups is 1. The second-order valence-electron chi connectivity index (χ2n) is 3.69. The van der Waals surface area contributed by atoms with Crippen LogP contribution >= 0.6 is 11.8 Å². The van der Waals surface area contributed by atoms with E-state index in [1.165, 1.54) is 19.2 Å². The second-order valence-corrected chi connectivity index (χ2v) is 4.79. The van der Waals surface area contributed by atoms with Crippen LogP contribution in [0.1, 0.15) is 17.5 Å². The first kappa shape index (κ1) is 15.5. The fourth-order valence-electron chi connectivity index (χ4n) is 1.38. The number of ether oxygens (including phenoxy) is 1. The zero-order valence-corrected chi connectivity index (χ0v) is 11.6. The summed E-state index contributed by atoms with van der Waals surface area (Å²) >= 11 is 1.58. The van der Waals surface area contributed by atoms with Crippen molar-refractivity contribution in [2.24, 2.45) is 5.73 Å². The van der Waals surface area contributed by atoms with Gasteiger partial charge >= 0.3 is 5.97 Å². The molecular formula is C14H16FNO2S. The SMILES string of the molecule is COC(=O)CCSCc1ccc(F)cc1C#CCN. The van der Waals surface area contributed by atoms with E-state index in [0.717, 1.165) is 5.56 Å². The molecule has 19 heavy (non-hydrogen) atoms. The third-order valence-electron chi connectivity index (χ3n) is 2.33. The number of halogens is 1. The molecule has 0 radical (unpaired) electrons. The van der Waals surface area contributed by atoms with Crippen molar-refractivity contribution in [1.29, 1.82) is 0 Å². The average Bonchev–Trinajstić information content (AvgIpc) is 2.42. The number of esters is 1. The molecule has 0 unspecified atom stereocenters. The highest BCUT2D eigenvalue weighted by Gasteiger charge is 2.04. The van der Waals surface area contributed by atoms with Gasteiger partial charge in [0.1, 0.15) is 5.82 Å². The van der Waals surface area contributed by atoms with Gasteiger partial charge in [-0.15, -0.1) is 0 Å². The van der Waals surface area contributed by atoms with Crippen LogP contribution in [-0.2, 0) is 15.3 Å². The van der Waals surface area contributed by atoms with Crippen molar-refractivity contribution in [1.82, 2.24) is 0 Å². The van der Waals surface area contributed by atoms with Crippen LogP contribution in [0.4, 0.5) is 4.39 Å². The molecule has 5 heteroatoms. The first-order valence-electron chi connectivity index (χ1n) is 5.79. The Balaban J connectivity index is 2.59. The van der Waals surface area contributed by atoms with Crippen LogP contribution in [0.2, 0.25) is 0 Å². The molecule has 0 aliphatic rings. The normalized spacial score (nSPS) is 9.63. The maximum Gasteiger partial charge on any atom is 0.306 e. The van der Waals surface area contributed by atoms with Crippen molar-refractivity contribution >= 4 is 17.7 Å². The second kappa shape index (κ2) is 8.57. The van der Waals surface area contributed by atoms with E-state index in [1.54, 1.807) is 17.8 Å². The number of rotatable bonds is 5. The van der Waals surface area contributed by atoms with E-state index in [1.807, 2.05) is 0 Å². The van der Waals surface area contributed by atoms with E-state index < -0.39 is 0 Å². The van der Waals surface area contributed by atoms with Crippen LogP contribution in [0.15, 0.2) is 18.2 Å². The minimum absolute atomic E-state index is 0.227. The Hall–Kier alpha value is -1.51. The molecule has 0 bridgehead atoms. The van der Waals surface area contributed by atoms with Crippen LogP contribution < -0.4 is 5.73 Å². The van der Waals surface area contributed by atoms with E-state index in [-0.39, 0.29) is 18.3 Å². The van der Waals surface area contributed by atoms with Gasteiger partial charge in [0, 0.05) is 17.1 Å². The highest BCUT2D eigenvalue weighted by atomic mass is 32.2. The van der Waals surface area contributed by atoms with Crippen LogP contribution in [0.5, 0.6) is 0 Å².